The molecule has 0 aliphatic carbocycles. The van der Waals surface area contributed by atoms with E-state index < -0.39 is 29.0 Å². The van der Waals surface area contributed by atoms with E-state index in [9.17, 15) is 30.0 Å². The molecule has 0 saturated carbocycles. The molecule has 0 N–H and O–H groups in total. The van der Waals surface area contributed by atoms with Gasteiger partial charge in [0.05, 0.1) is 5.75 Å². The summed E-state index contributed by atoms with van der Waals surface area (Å²) in [6.45, 7) is 2.13. The third-order valence-electron chi connectivity index (χ3n) is 3.37. The average molecular weight is 366 g/mol. The molecule has 0 saturated heterocycles. The molecule has 0 radical (unpaired) electrons. The van der Waals surface area contributed by atoms with Gasteiger partial charge in [-0.05, 0) is 6.42 Å². The predicted molar refractivity (Wildman–Crippen MR) is 80.6 cm³/mol. The fourth-order valence-electron chi connectivity index (χ4n) is 2.02. The van der Waals surface area contributed by atoms with E-state index in [1.54, 1.807) is 0 Å². The average Bonchev–Trinajstić information content (AvgIpc) is 2.39. The fourth-order valence-corrected chi connectivity index (χ4v) is 4.96. The minimum Gasteiger partial charge on any atom is -0.212 e. The monoisotopic (exact) mass is 366 g/mol. The Hall–Kier alpha value is -0.310. The van der Waals surface area contributed by atoms with Gasteiger partial charge in [-0.3, -0.25) is 0 Å². The Morgan fingerprint density at radius 1 is 0.682 bits per heavy atom. The molecule has 0 heterocycles. The Kier molecular flexibility index (Phi) is 9.61. The normalized spacial score (nSPS) is 13.5. The van der Waals surface area contributed by atoms with E-state index in [-0.39, 0.29) is 6.42 Å². The van der Waals surface area contributed by atoms with E-state index in [1.807, 2.05) is 0 Å². The molecule has 0 aliphatic heterocycles. The summed E-state index contributed by atoms with van der Waals surface area (Å²) in [5, 5.41) is 0. The summed E-state index contributed by atoms with van der Waals surface area (Å²) in [6, 6.07) is 0. The molecule has 0 bridgehead atoms. The summed E-state index contributed by atoms with van der Waals surface area (Å²) in [6.07, 6.45) is 8.80. The van der Waals surface area contributed by atoms with Gasteiger partial charge in [0.1, 0.15) is 0 Å². The lowest BCUT2D eigenvalue weighted by Gasteiger charge is -2.08. The lowest BCUT2D eigenvalue weighted by molar-refractivity contribution is -0.0412. The zero-order valence-corrected chi connectivity index (χ0v) is 14.5. The van der Waals surface area contributed by atoms with Crippen molar-refractivity contribution in [2.24, 2.45) is 0 Å². The van der Waals surface area contributed by atoms with E-state index in [2.05, 4.69) is 6.92 Å². The van der Waals surface area contributed by atoms with Crippen LogP contribution in [0, 0.1) is 0 Å². The van der Waals surface area contributed by atoms with Gasteiger partial charge in [-0.25, -0.2) is 16.8 Å². The first-order valence-corrected chi connectivity index (χ1v) is 11.3. The third-order valence-corrected chi connectivity index (χ3v) is 8.46. The molecule has 9 heteroatoms. The number of hydrogen-bond donors (Lipinski definition) is 0. The number of alkyl halides is 3. The van der Waals surface area contributed by atoms with Crippen molar-refractivity contribution in [3.8, 4) is 0 Å². The second-order valence-corrected chi connectivity index (χ2v) is 11.1. The molecule has 0 aromatic carbocycles. The van der Waals surface area contributed by atoms with Crippen molar-refractivity contribution >= 4 is 17.7 Å². The molecule has 0 aliphatic rings. The van der Waals surface area contributed by atoms with Crippen LogP contribution in [-0.2, 0) is 17.7 Å². The van der Waals surface area contributed by atoms with Crippen LogP contribution in [0.5, 0.6) is 0 Å². The van der Waals surface area contributed by atoms with E-state index >= 15 is 0 Å². The van der Waals surface area contributed by atoms with Crippen molar-refractivity contribution in [1.82, 2.24) is 0 Å². The molecule has 0 rings (SSSR count). The number of halogens is 3. The molecule has 4 nitrogen and oxygen atoms in total. The molecule has 0 aromatic rings. The SMILES string of the molecule is CCCCCCCCCCCCS(=O)(=O)S(=O)(=O)C(F)(F)F. The van der Waals surface area contributed by atoms with Crippen molar-refractivity contribution < 1.29 is 30.0 Å². The summed E-state index contributed by atoms with van der Waals surface area (Å²) >= 11 is 0. The number of rotatable bonds is 12. The number of unbranched alkanes of at least 4 members (excludes halogenated alkanes) is 9. The highest BCUT2D eigenvalue weighted by molar-refractivity contribution is 8.67. The Morgan fingerprint density at radius 3 is 1.41 bits per heavy atom. The molecule has 0 spiro atoms. The van der Waals surface area contributed by atoms with E-state index in [0.717, 1.165) is 25.7 Å². The summed E-state index contributed by atoms with van der Waals surface area (Å²) < 4.78 is 80.7. The van der Waals surface area contributed by atoms with Gasteiger partial charge < -0.3 is 0 Å². The van der Waals surface area contributed by atoms with Crippen LogP contribution in [-0.4, -0.2) is 28.1 Å². The smallest absolute Gasteiger partial charge is 0.212 e. The van der Waals surface area contributed by atoms with Crippen LogP contribution in [0.1, 0.15) is 71.1 Å². The van der Waals surface area contributed by atoms with Gasteiger partial charge in [-0.15, -0.1) is 0 Å². The minimum atomic E-state index is -6.11. The summed E-state index contributed by atoms with van der Waals surface area (Å²) in [5.74, 6) is -0.967. The van der Waals surface area contributed by atoms with Crippen molar-refractivity contribution in [2.45, 2.75) is 76.6 Å². The fraction of sp³-hybridized carbons (Fsp3) is 1.00. The maximum atomic E-state index is 12.2. The Morgan fingerprint density at radius 2 is 1.05 bits per heavy atom. The van der Waals surface area contributed by atoms with Gasteiger partial charge in [-0.2, -0.15) is 13.2 Å². The minimum absolute atomic E-state index is 0.0620. The van der Waals surface area contributed by atoms with E-state index in [1.165, 1.54) is 19.3 Å². The van der Waals surface area contributed by atoms with Gasteiger partial charge >= 0.3 is 14.4 Å². The summed E-state index contributed by atoms with van der Waals surface area (Å²) in [5.41, 5.74) is -5.75. The van der Waals surface area contributed by atoms with Crippen molar-refractivity contribution in [2.75, 3.05) is 5.75 Å². The first-order valence-electron chi connectivity index (χ1n) is 7.60. The topological polar surface area (TPSA) is 68.3 Å². The second kappa shape index (κ2) is 9.75. The van der Waals surface area contributed by atoms with E-state index in [0.29, 0.717) is 12.8 Å². The third kappa shape index (κ3) is 7.30. The molecule has 0 aromatic heterocycles. The standard InChI is InChI=1S/C13H25F3O4S2/c1-2-3-4-5-6-7-8-9-10-11-12-21(17,18)22(19,20)13(14,15)16/h2-12H2,1H3. The van der Waals surface area contributed by atoms with Crippen LogP contribution >= 0.6 is 0 Å². The summed E-state index contributed by atoms with van der Waals surface area (Å²) in [4.78, 5) is 0. The molecule has 22 heavy (non-hydrogen) atoms. The van der Waals surface area contributed by atoms with Gasteiger partial charge in [0.25, 0.3) is 8.87 Å². The van der Waals surface area contributed by atoms with Crippen LogP contribution in [0.4, 0.5) is 13.2 Å². The summed E-state index contributed by atoms with van der Waals surface area (Å²) in [7, 11) is -11.3. The van der Waals surface area contributed by atoms with Gasteiger partial charge in [-0.1, -0.05) is 64.7 Å². The highest BCUT2D eigenvalue weighted by atomic mass is 33.2. The molecular formula is C13H25F3O4S2. The zero-order valence-electron chi connectivity index (χ0n) is 12.9. The Balaban J connectivity index is 3.89. The van der Waals surface area contributed by atoms with Crippen LogP contribution in [0.25, 0.3) is 0 Å². The molecule has 0 atom stereocenters. The van der Waals surface area contributed by atoms with E-state index in [4.69, 9.17) is 0 Å². The quantitative estimate of drug-likeness (QED) is 0.384. The Labute approximate surface area is 130 Å². The zero-order chi connectivity index (χ0) is 17.3. The van der Waals surface area contributed by atoms with Crippen molar-refractivity contribution in [1.29, 1.82) is 0 Å². The first kappa shape index (κ1) is 21.7. The second-order valence-electron chi connectivity index (χ2n) is 5.34. The predicted octanol–water partition coefficient (Wildman–Crippen LogP) is 4.17. The van der Waals surface area contributed by atoms with Gasteiger partial charge in [0.2, 0.25) is 0 Å². The highest BCUT2D eigenvalue weighted by Crippen LogP contribution is 2.29. The van der Waals surface area contributed by atoms with Crippen LogP contribution in [0.15, 0.2) is 0 Å². The van der Waals surface area contributed by atoms with Crippen molar-refractivity contribution in [3.63, 3.8) is 0 Å². The maximum Gasteiger partial charge on any atom is 0.512 e. The molecule has 0 amide bonds. The van der Waals surface area contributed by atoms with Crippen LogP contribution in [0.2, 0.25) is 0 Å². The lowest BCUT2D eigenvalue weighted by atomic mass is 10.1. The van der Waals surface area contributed by atoms with Crippen LogP contribution in [0.3, 0.4) is 0 Å². The molecule has 0 fully saturated rings. The highest BCUT2D eigenvalue weighted by Gasteiger charge is 2.54. The van der Waals surface area contributed by atoms with Gasteiger partial charge in [0.15, 0.2) is 0 Å². The van der Waals surface area contributed by atoms with Gasteiger partial charge in [0, 0.05) is 0 Å². The van der Waals surface area contributed by atoms with Crippen LogP contribution < -0.4 is 0 Å². The largest absolute Gasteiger partial charge is 0.512 e. The van der Waals surface area contributed by atoms with Crippen molar-refractivity contribution in [3.05, 3.63) is 0 Å². The first-order chi connectivity index (χ1) is 10.1. The molecule has 0 unspecified atom stereocenters. The molecule has 134 valence electrons. The Bertz CT molecular complexity index is 496. The maximum absolute atomic E-state index is 12.2. The lowest BCUT2D eigenvalue weighted by Crippen LogP contribution is -2.32. The number of hydrogen-bond acceptors (Lipinski definition) is 4. The molecular weight excluding hydrogens is 341 g/mol.